The Morgan fingerprint density at radius 1 is 1.14 bits per heavy atom. The molecule has 0 saturated carbocycles. The van der Waals surface area contributed by atoms with Crippen LogP contribution in [0.15, 0.2) is 36.7 Å². The van der Waals surface area contributed by atoms with Gasteiger partial charge in [0.25, 0.3) is 0 Å². The molecule has 0 unspecified atom stereocenters. The third kappa shape index (κ3) is 3.51. The van der Waals surface area contributed by atoms with Crippen molar-refractivity contribution in [1.29, 1.82) is 0 Å². The van der Waals surface area contributed by atoms with E-state index in [1.807, 2.05) is 18.2 Å². The molecule has 112 valence electrons. The van der Waals surface area contributed by atoms with E-state index in [9.17, 15) is 0 Å². The van der Waals surface area contributed by atoms with Gasteiger partial charge in [0, 0.05) is 43.7 Å². The molecule has 2 aromatic rings. The zero-order chi connectivity index (χ0) is 14.5. The summed E-state index contributed by atoms with van der Waals surface area (Å²) in [6.45, 7) is 5.52. The zero-order valence-electron chi connectivity index (χ0n) is 12.5. The molecule has 0 amide bonds. The lowest BCUT2D eigenvalue weighted by atomic mass is 10.2. The number of rotatable bonds is 5. The quantitative estimate of drug-likeness (QED) is 0.911. The highest BCUT2D eigenvalue weighted by molar-refractivity contribution is 5.55. The van der Waals surface area contributed by atoms with Crippen molar-refractivity contribution < 1.29 is 9.47 Å². The van der Waals surface area contributed by atoms with Crippen LogP contribution in [0.2, 0.25) is 0 Å². The molecule has 4 heteroatoms. The number of ether oxygens (including phenoxy) is 2. The second kappa shape index (κ2) is 6.57. The van der Waals surface area contributed by atoms with Gasteiger partial charge in [-0.15, -0.1) is 0 Å². The topological polar surface area (TPSA) is 35.4 Å². The van der Waals surface area contributed by atoms with Crippen molar-refractivity contribution in [1.82, 2.24) is 4.57 Å². The summed E-state index contributed by atoms with van der Waals surface area (Å²) in [4.78, 5) is 0. The number of hydrogen-bond donors (Lipinski definition) is 1. The first kappa shape index (κ1) is 13.9. The average Bonchev–Trinajstić information content (AvgIpc) is 2.81. The van der Waals surface area contributed by atoms with Crippen molar-refractivity contribution in [2.24, 2.45) is 0 Å². The highest BCUT2D eigenvalue weighted by Crippen LogP contribution is 2.32. The molecule has 2 heterocycles. The highest BCUT2D eigenvalue weighted by Gasteiger charge is 2.10. The van der Waals surface area contributed by atoms with Crippen molar-refractivity contribution in [3.05, 3.63) is 42.2 Å². The molecule has 0 bridgehead atoms. The minimum atomic E-state index is 0.719. The minimum absolute atomic E-state index is 0.719. The third-order valence-electron chi connectivity index (χ3n) is 3.54. The van der Waals surface area contributed by atoms with E-state index >= 15 is 0 Å². The Labute approximate surface area is 125 Å². The summed E-state index contributed by atoms with van der Waals surface area (Å²) in [5, 5.41) is 3.44. The van der Waals surface area contributed by atoms with E-state index in [-0.39, 0.29) is 0 Å². The molecular weight excluding hydrogens is 264 g/mol. The first-order chi connectivity index (χ1) is 10.3. The molecule has 4 nitrogen and oxygen atoms in total. The van der Waals surface area contributed by atoms with Crippen LogP contribution in [-0.2, 0) is 13.1 Å². The van der Waals surface area contributed by atoms with Crippen molar-refractivity contribution in [2.45, 2.75) is 32.9 Å². The van der Waals surface area contributed by atoms with Gasteiger partial charge < -0.3 is 19.4 Å². The number of aryl methyl sites for hydroxylation is 1. The number of nitrogens with zero attached hydrogens (tertiary/aromatic N) is 1. The third-order valence-corrected chi connectivity index (χ3v) is 3.54. The molecule has 0 radical (unpaired) electrons. The number of anilines is 1. The predicted molar refractivity (Wildman–Crippen MR) is 84.1 cm³/mol. The molecule has 1 aliphatic heterocycles. The molecule has 0 atom stereocenters. The SMILES string of the molecule is CCCn1ccc(CNc2ccc3c(c2)OCCCO3)c1. The van der Waals surface area contributed by atoms with E-state index < -0.39 is 0 Å². The van der Waals surface area contributed by atoms with Gasteiger partial charge in [-0.05, 0) is 30.2 Å². The highest BCUT2D eigenvalue weighted by atomic mass is 16.5. The van der Waals surface area contributed by atoms with E-state index in [0.29, 0.717) is 0 Å². The summed E-state index contributed by atoms with van der Waals surface area (Å²) in [6, 6.07) is 8.19. The maximum absolute atomic E-state index is 5.71. The summed E-state index contributed by atoms with van der Waals surface area (Å²) >= 11 is 0. The number of aromatic nitrogens is 1. The average molecular weight is 286 g/mol. The normalized spacial score (nSPS) is 13.8. The second-order valence-electron chi connectivity index (χ2n) is 5.32. The number of fused-ring (bicyclic) bond motifs is 1. The molecule has 1 aromatic carbocycles. The van der Waals surface area contributed by atoms with Crippen LogP contribution in [0.5, 0.6) is 11.5 Å². The Kier molecular flexibility index (Phi) is 4.34. The van der Waals surface area contributed by atoms with Crippen LogP contribution < -0.4 is 14.8 Å². The Balaban J connectivity index is 1.63. The van der Waals surface area contributed by atoms with Crippen molar-refractivity contribution in [3.63, 3.8) is 0 Å². The van der Waals surface area contributed by atoms with E-state index in [0.717, 1.165) is 56.3 Å². The molecule has 0 aliphatic carbocycles. The minimum Gasteiger partial charge on any atom is -0.490 e. The molecule has 1 N–H and O–H groups in total. The molecule has 0 fully saturated rings. The Morgan fingerprint density at radius 2 is 2.00 bits per heavy atom. The van der Waals surface area contributed by atoms with Gasteiger partial charge in [-0.3, -0.25) is 0 Å². The molecule has 1 aliphatic rings. The van der Waals surface area contributed by atoms with Gasteiger partial charge in [0.1, 0.15) is 0 Å². The maximum Gasteiger partial charge on any atom is 0.163 e. The standard InChI is InChI=1S/C17H22N2O2/c1-2-7-19-8-6-14(13-19)12-18-15-4-5-16-17(11-15)21-10-3-9-20-16/h4-6,8,11,13,18H,2-3,7,9-10,12H2,1H3. The predicted octanol–water partition coefficient (Wildman–Crippen LogP) is 3.67. The van der Waals surface area contributed by atoms with Gasteiger partial charge in [-0.25, -0.2) is 0 Å². The number of nitrogens with one attached hydrogen (secondary N) is 1. The van der Waals surface area contributed by atoms with Gasteiger partial charge in [0.15, 0.2) is 11.5 Å². The lowest BCUT2D eigenvalue weighted by Crippen LogP contribution is -2.00. The fourth-order valence-corrected chi connectivity index (χ4v) is 2.47. The summed E-state index contributed by atoms with van der Waals surface area (Å²) in [5.41, 5.74) is 2.35. The first-order valence-corrected chi connectivity index (χ1v) is 7.63. The fraction of sp³-hybridized carbons (Fsp3) is 0.412. The monoisotopic (exact) mass is 286 g/mol. The molecule has 21 heavy (non-hydrogen) atoms. The van der Waals surface area contributed by atoms with Crippen LogP contribution in [0, 0.1) is 0 Å². The largest absolute Gasteiger partial charge is 0.490 e. The van der Waals surface area contributed by atoms with Crippen LogP contribution in [-0.4, -0.2) is 17.8 Å². The number of benzene rings is 1. The van der Waals surface area contributed by atoms with E-state index in [2.05, 4.69) is 35.3 Å². The fourth-order valence-electron chi connectivity index (χ4n) is 2.47. The van der Waals surface area contributed by atoms with E-state index in [1.54, 1.807) is 0 Å². The van der Waals surface area contributed by atoms with E-state index in [4.69, 9.17) is 9.47 Å². The van der Waals surface area contributed by atoms with Gasteiger partial charge >= 0.3 is 0 Å². The smallest absolute Gasteiger partial charge is 0.163 e. The second-order valence-corrected chi connectivity index (χ2v) is 5.32. The lowest BCUT2D eigenvalue weighted by Gasteiger charge is -2.10. The lowest BCUT2D eigenvalue weighted by molar-refractivity contribution is 0.297. The van der Waals surface area contributed by atoms with Gasteiger partial charge in [0.2, 0.25) is 0 Å². The summed E-state index contributed by atoms with van der Waals surface area (Å²) in [5.74, 6) is 1.67. The van der Waals surface area contributed by atoms with Crippen LogP contribution in [0.25, 0.3) is 0 Å². The van der Waals surface area contributed by atoms with Crippen LogP contribution in [0.1, 0.15) is 25.3 Å². The van der Waals surface area contributed by atoms with Crippen molar-refractivity contribution in [3.8, 4) is 11.5 Å². The maximum atomic E-state index is 5.71. The Bertz CT molecular complexity index is 592. The van der Waals surface area contributed by atoms with Gasteiger partial charge in [0.05, 0.1) is 13.2 Å². The van der Waals surface area contributed by atoms with Gasteiger partial charge in [-0.2, -0.15) is 0 Å². The summed E-state index contributed by atoms with van der Waals surface area (Å²) in [6.07, 6.45) is 6.42. The Hall–Kier alpha value is -2.10. The van der Waals surface area contributed by atoms with Crippen molar-refractivity contribution in [2.75, 3.05) is 18.5 Å². The molecule has 0 spiro atoms. The first-order valence-electron chi connectivity index (χ1n) is 7.63. The zero-order valence-corrected chi connectivity index (χ0v) is 12.5. The van der Waals surface area contributed by atoms with E-state index in [1.165, 1.54) is 5.56 Å². The Morgan fingerprint density at radius 3 is 2.86 bits per heavy atom. The van der Waals surface area contributed by atoms with Crippen molar-refractivity contribution >= 4 is 5.69 Å². The number of hydrogen-bond acceptors (Lipinski definition) is 3. The van der Waals surface area contributed by atoms with Crippen LogP contribution in [0.4, 0.5) is 5.69 Å². The molecule has 0 saturated heterocycles. The summed E-state index contributed by atoms with van der Waals surface area (Å²) < 4.78 is 13.6. The van der Waals surface area contributed by atoms with Gasteiger partial charge in [-0.1, -0.05) is 6.92 Å². The van der Waals surface area contributed by atoms with Crippen LogP contribution >= 0.6 is 0 Å². The van der Waals surface area contributed by atoms with Crippen LogP contribution in [0.3, 0.4) is 0 Å². The molecule has 3 rings (SSSR count). The molecular formula is C17H22N2O2. The molecule has 1 aromatic heterocycles. The summed E-state index contributed by atoms with van der Waals surface area (Å²) in [7, 11) is 0.